The monoisotopic (exact) mass is 287 g/mol. The minimum absolute atomic E-state index is 0.139. The summed E-state index contributed by atoms with van der Waals surface area (Å²) < 4.78 is 0. The van der Waals surface area contributed by atoms with Crippen LogP contribution in [0.25, 0.3) is 10.9 Å². The minimum Gasteiger partial charge on any atom is -0.393 e. The van der Waals surface area contributed by atoms with Gasteiger partial charge in [0.2, 0.25) is 0 Å². The highest BCUT2D eigenvalue weighted by Gasteiger charge is 2.22. The van der Waals surface area contributed by atoms with Crippen molar-refractivity contribution in [2.24, 2.45) is 11.1 Å². The lowest BCUT2D eigenvalue weighted by Crippen LogP contribution is -2.41. The SMILES string of the molecule is CC(C)(CNC(=O)c1ccc2ncccc2c1)C(N)=S. The molecular formula is C15H17N3OS. The average molecular weight is 287 g/mol. The van der Waals surface area contributed by atoms with Crippen LogP contribution in [0.1, 0.15) is 24.2 Å². The Bertz CT molecular complexity index is 667. The normalized spacial score (nSPS) is 11.3. The van der Waals surface area contributed by atoms with Crippen LogP contribution < -0.4 is 11.1 Å². The summed E-state index contributed by atoms with van der Waals surface area (Å²) in [5, 5.41) is 3.80. The predicted molar refractivity (Wildman–Crippen MR) is 84.6 cm³/mol. The average Bonchev–Trinajstić information content (AvgIpc) is 2.44. The maximum absolute atomic E-state index is 12.1. The van der Waals surface area contributed by atoms with Gasteiger partial charge in [-0.1, -0.05) is 32.1 Å². The van der Waals surface area contributed by atoms with E-state index in [9.17, 15) is 4.79 Å². The number of carbonyl (C=O) groups excluding carboxylic acids is 1. The summed E-state index contributed by atoms with van der Waals surface area (Å²) in [5.41, 5.74) is 6.71. The number of benzene rings is 1. The maximum atomic E-state index is 12.1. The van der Waals surface area contributed by atoms with Crippen molar-refractivity contribution >= 4 is 34.0 Å². The van der Waals surface area contributed by atoms with Crippen LogP contribution in [0.2, 0.25) is 0 Å². The molecule has 0 atom stereocenters. The number of hydrogen-bond donors (Lipinski definition) is 2. The van der Waals surface area contributed by atoms with Gasteiger partial charge in [-0.15, -0.1) is 0 Å². The maximum Gasteiger partial charge on any atom is 0.251 e. The first kappa shape index (κ1) is 14.4. The van der Waals surface area contributed by atoms with E-state index < -0.39 is 5.41 Å². The molecule has 0 spiro atoms. The molecule has 3 N–H and O–H groups in total. The van der Waals surface area contributed by atoms with Crippen molar-refractivity contribution in [3.63, 3.8) is 0 Å². The molecule has 0 bridgehead atoms. The molecule has 2 rings (SSSR count). The highest BCUT2D eigenvalue weighted by atomic mass is 32.1. The van der Waals surface area contributed by atoms with Crippen LogP contribution in [0.4, 0.5) is 0 Å². The van der Waals surface area contributed by atoms with Crippen LogP contribution >= 0.6 is 12.2 Å². The summed E-state index contributed by atoms with van der Waals surface area (Å²) in [6.45, 7) is 4.21. The van der Waals surface area contributed by atoms with E-state index in [2.05, 4.69) is 10.3 Å². The van der Waals surface area contributed by atoms with E-state index in [4.69, 9.17) is 18.0 Å². The second kappa shape index (κ2) is 5.54. The van der Waals surface area contributed by atoms with Gasteiger partial charge in [-0.05, 0) is 24.3 Å². The molecule has 0 aliphatic carbocycles. The molecule has 104 valence electrons. The zero-order valence-corrected chi connectivity index (χ0v) is 12.3. The van der Waals surface area contributed by atoms with E-state index in [1.165, 1.54) is 0 Å². The van der Waals surface area contributed by atoms with Crippen LogP contribution in [-0.4, -0.2) is 22.4 Å². The van der Waals surface area contributed by atoms with Gasteiger partial charge in [0, 0.05) is 29.1 Å². The fourth-order valence-corrected chi connectivity index (χ4v) is 1.78. The molecule has 2 aromatic rings. The second-order valence-corrected chi connectivity index (χ2v) is 5.78. The molecule has 20 heavy (non-hydrogen) atoms. The number of rotatable bonds is 4. The lowest BCUT2D eigenvalue weighted by Gasteiger charge is -2.23. The molecule has 1 aromatic heterocycles. The Labute approximate surface area is 123 Å². The number of fused-ring (bicyclic) bond motifs is 1. The van der Waals surface area contributed by atoms with E-state index in [1.54, 1.807) is 12.3 Å². The highest BCUT2D eigenvalue weighted by Crippen LogP contribution is 2.15. The van der Waals surface area contributed by atoms with Gasteiger partial charge < -0.3 is 11.1 Å². The number of pyridine rings is 1. The molecule has 4 nitrogen and oxygen atoms in total. The van der Waals surface area contributed by atoms with Crippen molar-refractivity contribution < 1.29 is 4.79 Å². The Kier molecular flexibility index (Phi) is 3.99. The molecule has 0 saturated heterocycles. The highest BCUT2D eigenvalue weighted by molar-refractivity contribution is 7.80. The van der Waals surface area contributed by atoms with E-state index in [0.717, 1.165) is 10.9 Å². The van der Waals surface area contributed by atoms with Crippen LogP contribution in [0.15, 0.2) is 36.5 Å². The molecule has 0 saturated carbocycles. The van der Waals surface area contributed by atoms with Crippen molar-refractivity contribution in [3.05, 3.63) is 42.1 Å². The molecule has 0 fully saturated rings. The second-order valence-electron chi connectivity index (χ2n) is 5.34. The van der Waals surface area contributed by atoms with Gasteiger partial charge in [-0.3, -0.25) is 9.78 Å². The smallest absolute Gasteiger partial charge is 0.251 e. The topological polar surface area (TPSA) is 68.0 Å². The molecule has 1 amide bonds. The number of carbonyl (C=O) groups is 1. The van der Waals surface area contributed by atoms with Gasteiger partial charge in [-0.25, -0.2) is 0 Å². The zero-order valence-electron chi connectivity index (χ0n) is 11.5. The van der Waals surface area contributed by atoms with Crippen molar-refractivity contribution in [1.82, 2.24) is 10.3 Å². The Morgan fingerprint density at radius 2 is 2.15 bits per heavy atom. The molecule has 0 radical (unpaired) electrons. The molecule has 0 aliphatic heterocycles. The third-order valence-corrected chi connectivity index (χ3v) is 3.78. The summed E-state index contributed by atoms with van der Waals surface area (Å²) >= 11 is 4.98. The van der Waals surface area contributed by atoms with E-state index >= 15 is 0 Å². The number of nitrogens with one attached hydrogen (secondary N) is 1. The third kappa shape index (κ3) is 3.11. The van der Waals surface area contributed by atoms with Gasteiger partial charge in [-0.2, -0.15) is 0 Å². The quantitative estimate of drug-likeness (QED) is 0.847. The summed E-state index contributed by atoms with van der Waals surface area (Å²) in [7, 11) is 0. The largest absolute Gasteiger partial charge is 0.393 e. The summed E-state index contributed by atoms with van der Waals surface area (Å²) in [6, 6.07) is 9.20. The number of amides is 1. The fourth-order valence-electron chi connectivity index (χ4n) is 1.71. The van der Waals surface area contributed by atoms with Gasteiger partial charge >= 0.3 is 0 Å². The van der Waals surface area contributed by atoms with Crippen molar-refractivity contribution in [2.75, 3.05) is 6.54 Å². The number of nitrogens with two attached hydrogens (primary N) is 1. The number of nitrogens with zero attached hydrogens (tertiary/aromatic N) is 1. The van der Waals surface area contributed by atoms with Crippen molar-refractivity contribution in [3.8, 4) is 0 Å². The van der Waals surface area contributed by atoms with Crippen LogP contribution in [0.5, 0.6) is 0 Å². The van der Waals surface area contributed by atoms with Crippen LogP contribution in [0, 0.1) is 5.41 Å². The molecule has 1 aromatic carbocycles. The first-order valence-corrected chi connectivity index (χ1v) is 6.74. The van der Waals surface area contributed by atoms with Gasteiger partial charge in [0.15, 0.2) is 0 Å². The molecule has 0 aliphatic rings. The third-order valence-electron chi connectivity index (χ3n) is 3.22. The van der Waals surface area contributed by atoms with E-state index in [-0.39, 0.29) is 5.91 Å². The fraction of sp³-hybridized carbons (Fsp3) is 0.267. The standard InChI is InChI=1S/C15H17N3OS/c1-15(2,14(16)20)9-18-13(19)11-5-6-12-10(8-11)4-3-7-17-12/h3-8H,9H2,1-2H3,(H2,16,20)(H,18,19). The lowest BCUT2D eigenvalue weighted by atomic mass is 9.93. The molecular weight excluding hydrogens is 270 g/mol. The van der Waals surface area contributed by atoms with Gasteiger partial charge in [0.05, 0.1) is 10.5 Å². The lowest BCUT2D eigenvalue weighted by molar-refractivity contribution is 0.0945. The Morgan fingerprint density at radius 1 is 1.40 bits per heavy atom. The Morgan fingerprint density at radius 3 is 2.85 bits per heavy atom. The summed E-state index contributed by atoms with van der Waals surface area (Å²) in [6.07, 6.45) is 1.73. The number of hydrogen-bond acceptors (Lipinski definition) is 3. The Hall–Kier alpha value is -2.01. The minimum atomic E-state index is -0.399. The summed E-state index contributed by atoms with van der Waals surface area (Å²) in [4.78, 5) is 16.8. The number of aromatic nitrogens is 1. The van der Waals surface area contributed by atoms with Crippen LogP contribution in [-0.2, 0) is 0 Å². The van der Waals surface area contributed by atoms with E-state index in [1.807, 2.05) is 38.1 Å². The molecule has 5 heteroatoms. The van der Waals surface area contributed by atoms with E-state index in [0.29, 0.717) is 17.1 Å². The van der Waals surface area contributed by atoms with Gasteiger partial charge in [0.1, 0.15) is 0 Å². The zero-order chi connectivity index (χ0) is 14.8. The first-order valence-electron chi connectivity index (χ1n) is 6.33. The van der Waals surface area contributed by atoms with Crippen molar-refractivity contribution in [2.45, 2.75) is 13.8 Å². The van der Waals surface area contributed by atoms with Gasteiger partial charge in [0.25, 0.3) is 5.91 Å². The predicted octanol–water partition coefficient (Wildman–Crippen LogP) is 2.28. The Balaban J connectivity index is 2.14. The van der Waals surface area contributed by atoms with Crippen LogP contribution in [0.3, 0.4) is 0 Å². The molecule has 0 unspecified atom stereocenters. The van der Waals surface area contributed by atoms with Crippen molar-refractivity contribution in [1.29, 1.82) is 0 Å². The molecule has 1 heterocycles. The first-order chi connectivity index (χ1) is 9.40. The number of thiocarbonyl (C=S) groups is 1. The summed E-state index contributed by atoms with van der Waals surface area (Å²) in [5.74, 6) is -0.139.